The van der Waals surface area contributed by atoms with Gasteiger partial charge in [0.2, 0.25) is 0 Å². The Labute approximate surface area is 215 Å². The fourth-order valence-electron chi connectivity index (χ4n) is 4.60. The Kier molecular flexibility index (Phi) is 6.48. The van der Waals surface area contributed by atoms with Gasteiger partial charge in [0, 0.05) is 37.1 Å². The van der Waals surface area contributed by atoms with Crippen LogP contribution in [0.15, 0.2) is 72.3 Å². The molecule has 0 saturated carbocycles. The third-order valence-corrected chi connectivity index (χ3v) is 6.39. The van der Waals surface area contributed by atoms with E-state index in [1.54, 1.807) is 42.5 Å². The van der Waals surface area contributed by atoms with Crippen LogP contribution < -0.4 is 24.0 Å². The molecule has 1 saturated heterocycles. The molecule has 3 aromatic carbocycles. The highest BCUT2D eigenvalue weighted by Gasteiger charge is 2.47. The molecule has 0 aromatic heterocycles. The van der Waals surface area contributed by atoms with Gasteiger partial charge in [0.1, 0.15) is 24.7 Å². The molecular formula is C29H28N2O6. The van der Waals surface area contributed by atoms with E-state index in [4.69, 9.17) is 14.2 Å². The summed E-state index contributed by atoms with van der Waals surface area (Å²) < 4.78 is 16.9. The molecule has 3 aromatic rings. The Balaban J connectivity index is 1.67. The first-order valence-corrected chi connectivity index (χ1v) is 12.1. The molecular weight excluding hydrogens is 472 g/mol. The maximum absolute atomic E-state index is 13.5. The van der Waals surface area contributed by atoms with Gasteiger partial charge in [0.15, 0.2) is 11.5 Å². The molecule has 0 radical (unpaired) electrons. The normalized spacial score (nSPS) is 18.1. The number of ether oxygens (including phenoxy) is 3. The lowest BCUT2D eigenvalue weighted by Crippen LogP contribution is -2.29. The molecule has 8 nitrogen and oxygen atoms in total. The zero-order chi connectivity index (χ0) is 26.1. The van der Waals surface area contributed by atoms with Crippen molar-refractivity contribution in [2.45, 2.75) is 13.0 Å². The molecule has 0 spiro atoms. The lowest BCUT2D eigenvalue weighted by Gasteiger charge is -2.26. The van der Waals surface area contributed by atoms with Crippen molar-refractivity contribution in [1.29, 1.82) is 0 Å². The summed E-state index contributed by atoms with van der Waals surface area (Å²) in [6, 6.07) is 18.7. The van der Waals surface area contributed by atoms with Crippen LogP contribution in [0.2, 0.25) is 0 Å². The van der Waals surface area contributed by atoms with Crippen molar-refractivity contribution in [3.05, 3.63) is 83.4 Å². The van der Waals surface area contributed by atoms with Crippen LogP contribution in [0.1, 0.15) is 24.1 Å². The van der Waals surface area contributed by atoms with Crippen LogP contribution in [0.3, 0.4) is 0 Å². The van der Waals surface area contributed by atoms with E-state index in [0.29, 0.717) is 53.9 Å². The SMILES string of the molecule is CCOc1cccc(N2C(=O)C(=O)/C(=C(\O)c3ccc4c(c3)OCCO4)C2c2ccc(N(C)C)cc2)c1. The second-order valence-electron chi connectivity index (χ2n) is 8.94. The summed E-state index contributed by atoms with van der Waals surface area (Å²) in [4.78, 5) is 30.3. The average Bonchev–Trinajstić information content (AvgIpc) is 3.18. The van der Waals surface area contributed by atoms with E-state index in [0.717, 1.165) is 5.69 Å². The van der Waals surface area contributed by atoms with Crippen LogP contribution >= 0.6 is 0 Å². The van der Waals surface area contributed by atoms with Crippen molar-refractivity contribution in [1.82, 2.24) is 0 Å². The fourth-order valence-corrected chi connectivity index (χ4v) is 4.60. The van der Waals surface area contributed by atoms with Gasteiger partial charge in [-0.2, -0.15) is 0 Å². The number of ketones is 1. The highest BCUT2D eigenvalue weighted by atomic mass is 16.6. The predicted octanol–water partition coefficient (Wildman–Crippen LogP) is 4.55. The third kappa shape index (κ3) is 4.46. The van der Waals surface area contributed by atoms with Gasteiger partial charge in [-0.05, 0) is 55.0 Å². The van der Waals surface area contributed by atoms with Gasteiger partial charge in [-0.15, -0.1) is 0 Å². The van der Waals surface area contributed by atoms with E-state index >= 15 is 0 Å². The smallest absolute Gasteiger partial charge is 0.300 e. The molecule has 2 aliphatic rings. The fraction of sp³-hybridized carbons (Fsp3) is 0.241. The van der Waals surface area contributed by atoms with Crippen LogP contribution in [0.5, 0.6) is 17.2 Å². The number of nitrogens with zero attached hydrogens (tertiary/aromatic N) is 2. The zero-order valence-electron chi connectivity index (χ0n) is 20.9. The summed E-state index contributed by atoms with van der Waals surface area (Å²) in [5, 5.41) is 11.4. The Morgan fingerprint density at radius 2 is 1.73 bits per heavy atom. The molecule has 8 heteroatoms. The quantitative estimate of drug-likeness (QED) is 0.302. The van der Waals surface area contributed by atoms with Crippen LogP contribution in [-0.4, -0.2) is 50.7 Å². The molecule has 190 valence electrons. The van der Waals surface area contributed by atoms with Crippen LogP contribution in [0.4, 0.5) is 11.4 Å². The summed E-state index contributed by atoms with van der Waals surface area (Å²) in [5.74, 6) is -0.158. The minimum atomic E-state index is -0.846. The summed E-state index contributed by atoms with van der Waals surface area (Å²) in [7, 11) is 3.87. The van der Waals surface area contributed by atoms with Crippen molar-refractivity contribution >= 4 is 28.8 Å². The minimum absolute atomic E-state index is 0.00101. The Morgan fingerprint density at radius 3 is 2.43 bits per heavy atom. The molecule has 0 bridgehead atoms. The van der Waals surface area contributed by atoms with Crippen molar-refractivity contribution in [2.75, 3.05) is 43.7 Å². The Hall–Kier alpha value is -4.46. The van der Waals surface area contributed by atoms with Crippen LogP contribution in [0.25, 0.3) is 5.76 Å². The van der Waals surface area contributed by atoms with Crippen molar-refractivity contribution < 1.29 is 28.9 Å². The van der Waals surface area contributed by atoms with Gasteiger partial charge in [0.25, 0.3) is 11.7 Å². The predicted molar refractivity (Wildman–Crippen MR) is 141 cm³/mol. The van der Waals surface area contributed by atoms with E-state index in [2.05, 4.69) is 0 Å². The number of carbonyl (C=O) groups is 2. The molecule has 37 heavy (non-hydrogen) atoms. The number of hydrogen-bond donors (Lipinski definition) is 1. The number of aliphatic hydroxyl groups is 1. The topological polar surface area (TPSA) is 88.5 Å². The molecule has 1 amide bonds. The van der Waals surface area contributed by atoms with Gasteiger partial charge in [0.05, 0.1) is 18.2 Å². The first-order chi connectivity index (χ1) is 17.9. The highest BCUT2D eigenvalue weighted by Crippen LogP contribution is 2.44. The standard InChI is InChI=1S/C29H28N2O6/c1-4-35-22-7-5-6-21(17-22)31-26(18-8-11-20(12-9-18)30(2)3)25(28(33)29(31)34)27(32)19-10-13-23-24(16-19)37-15-14-36-23/h5-13,16-17,26,32H,4,14-15H2,1-3H3/b27-25-. The highest BCUT2D eigenvalue weighted by molar-refractivity contribution is 6.51. The van der Waals surface area contributed by atoms with Gasteiger partial charge < -0.3 is 24.2 Å². The van der Waals surface area contributed by atoms with Gasteiger partial charge in [-0.1, -0.05) is 18.2 Å². The number of amides is 1. The Bertz CT molecular complexity index is 1380. The van der Waals surface area contributed by atoms with E-state index in [9.17, 15) is 14.7 Å². The summed E-state index contributed by atoms with van der Waals surface area (Å²) in [6.07, 6.45) is 0. The number of hydrogen-bond acceptors (Lipinski definition) is 7. The number of carbonyl (C=O) groups excluding carboxylic acids is 2. The van der Waals surface area contributed by atoms with Gasteiger partial charge in [-0.3, -0.25) is 14.5 Å². The summed E-state index contributed by atoms with van der Waals surface area (Å²) in [5.41, 5.74) is 2.51. The maximum atomic E-state index is 13.5. The Morgan fingerprint density at radius 1 is 1.00 bits per heavy atom. The number of aliphatic hydroxyl groups excluding tert-OH is 1. The number of rotatable bonds is 6. The monoisotopic (exact) mass is 500 g/mol. The molecule has 1 atom stereocenters. The first kappa shape index (κ1) is 24.2. The molecule has 1 fully saturated rings. The molecule has 1 unspecified atom stereocenters. The summed E-state index contributed by atoms with van der Waals surface area (Å²) in [6.45, 7) is 3.16. The molecule has 5 rings (SSSR count). The number of Topliss-reactive ketones (excluding diaryl/α,β-unsaturated/α-hetero) is 1. The van der Waals surface area contributed by atoms with Crippen LogP contribution in [0, 0.1) is 0 Å². The average molecular weight is 501 g/mol. The van der Waals surface area contributed by atoms with Crippen molar-refractivity contribution in [3.8, 4) is 17.2 Å². The number of fused-ring (bicyclic) bond motifs is 1. The van der Waals surface area contributed by atoms with Gasteiger partial charge >= 0.3 is 0 Å². The number of anilines is 2. The lowest BCUT2D eigenvalue weighted by atomic mass is 9.94. The molecule has 2 aliphatic heterocycles. The van der Waals surface area contributed by atoms with E-state index in [1.807, 2.05) is 50.2 Å². The second kappa shape index (κ2) is 9.89. The van der Waals surface area contributed by atoms with E-state index in [1.165, 1.54) is 4.90 Å². The maximum Gasteiger partial charge on any atom is 0.300 e. The van der Waals surface area contributed by atoms with Crippen molar-refractivity contribution in [3.63, 3.8) is 0 Å². The second-order valence-corrected chi connectivity index (χ2v) is 8.94. The molecule has 2 heterocycles. The molecule has 1 N–H and O–H groups in total. The zero-order valence-corrected chi connectivity index (χ0v) is 20.9. The third-order valence-electron chi connectivity index (χ3n) is 6.39. The number of benzene rings is 3. The van der Waals surface area contributed by atoms with E-state index in [-0.39, 0.29) is 11.3 Å². The van der Waals surface area contributed by atoms with E-state index < -0.39 is 17.7 Å². The molecule has 0 aliphatic carbocycles. The minimum Gasteiger partial charge on any atom is -0.507 e. The largest absolute Gasteiger partial charge is 0.507 e. The van der Waals surface area contributed by atoms with Gasteiger partial charge in [-0.25, -0.2) is 0 Å². The summed E-state index contributed by atoms with van der Waals surface area (Å²) >= 11 is 0. The van der Waals surface area contributed by atoms with Crippen molar-refractivity contribution in [2.24, 2.45) is 0 Å². The first-order valence-electron chi connectivity index (χ1n) is 12.1. The lowest BCUT2D eigenvalue weighted by molar-refractivity contribution is -0.132. The van der Waals surface area contributed by atoms with Crippen LogP contribution in [-0.2, 0) is 9.59 Å².